The van der Waals surface area contributed by atoms with Gasteiger partial charge in [0.2, 0.25) is 0 Å². The third-order valence-electron chi connectivity index (χ3n) is 3.27. The fraction of sp³-hybridized carbons (Fsp3) is 0.467. The number of hydrogen-bond acceptors (Lipinski definition) is 4. The van der Waals surface area contributed by atoms with Crippen LogP contribution in [0.1, 0.15) is 29.7 Å². The Bertz CT molecular complexity index is 624. The Morgan fingerprint density at radius 2 is 2.10 bits per heavy atom. The van der Waals surface area contributed by atoms with Crippen molar-refractivity contribution in [2.24, 2.45) is 5.73 Å². The molecule has 2 N–H and O–H groups in total. The molecule has 0 atom stereocenters. The van der Waals surface area contributed by atoms with E-state index in [0.29, 0.717) is 24.6 Å². The standard InChI is InChI=1S/C15H21ClN4O/c1-4-20-13(15(16)11(3)19-20)9-21-14-6-5-10(2)18-12(14)7-8-17/h5-6H,4,7-9,17H2,1-3H3. The van der Waals surface area contributed by atoms with Crippen LogP contribution in [0.25, 0.3) is 0 Å². The van der Waals surface area contributed by atoms with E-state index in [1.54, 1.807) is 0 Å². The molecule has 114 valence electrons. The van der Waals surface area contributed by atoms with Crippen molar-refractivity contribution < 1.29 is 4.74 Å². The average molecular weight is 309 g/mol. The zero-order valence-corrected chi connectivity index (χ0v) is 13.4. The van der Waals surface area contributed by atoms with Gasteiger partial charge >= 0.3 is 0 Å². The van der Waals surface area contributed by atoms with Crippen LogP contribution in [0.15, 0.2) is 12.1 Å². The first-order valence-corrected chi connectivity index (χ1v) is 7.45. The Balaban J connectivity index is 2.20. The predicted molar refractivity (Wildman–Crippen MR) is 83.7 cm³/mol. The third kappa shape index (κ3) is 3.54. The van der Waals surface area contributed by atoms with Gasteiger partial charge in [0.05, 0.1) is 22.1 Å². The zero-order valence-electron chi connectivity index (χ0n) is 12.7. The van der Waals surface area contributed by atoms with Gasteiger partial charge in [-0.1, -0.05) is 11.6 Å². The van der Waals surface area contributed by atoms with Crippen molar-refractivity contribution in [3.63, 3.8) is 0 Å². The summed E-state index contributed by atoms with van der Waals surface area (Å²) in [4.78, 5) is 4.48. The smallest absolute Gasteiger partial charge is 0.141 e. The van der Waals surface area contributed by atoms with E-state index in [-0.39, 0.29) is 0 Å². The molecule has 0 aromatic carbocycles. The van der Waals surface area contributed by atoms with Gasteiger partial charge < -0.3 is 10.5 Å². The summed E-state index contributed by atoms with van der Waals surface area (Å²) in [6, 6.07) is 3.86. The van der Waals surface area contributed by atoms with Crippen molar-refractivity contribution in [1.29, 1.82) is 0 Å². The molecular formula is C15H21ClN4O. The second kappa shape index (κ2) is 6.91. The quantitative estimate of drug-likeness (QED) is 0.891. The van der Waals surface area contributed by atoms with Crippen LogP contribution in [0.2, 0.25) is 5.02 Å². The maximum Gasteiger partial charge on any atom is 0.141 e. The van der Waals surface area contributed by atoms with Gasteiger partial charge in [-0.3, -0.25) is 9.67 Å². The Morgan fingerprint density at radius 3 is 2.76 bits per heavy atom. The maximum absolute atomic E-state index is 6.29. The minimum Gasteiger partial charge on any atom is -0.485 e. The van der Waals surface area contributed by atoms with Gasteiger partial charge in [0.25, 0.3) is 0 Å². The monoisotopic (exact) mass is 308 g/mol. The first kappa shape index (κ1) is 15.8. The van der Waals surface area contributed by atoms with Crippen molar-refractivity contribution in [3.8, 4) is 5.75 Å². The first-order valence-electron chi connectivity index (χ1n) is 7.08. The summed E-state index contributed by atoms with van der Waals surface area (Å²) in [6.07, 6.45) is 0.691. The highest BCUT2D eigenvalue weighted by molar-refractivity contribution is 6.31. The van der Waals surface area contributed by atoms with Crippen LogP contribution >= 0.6 is 11.6 Å². The third-order valence-corrected chi connectivity index (χ3v) is 3.76. The molecule has 0 spiro atoms. The summed E-state index contributed by atoms with van der Waals surface area (Å²) in [5.74, 6) is 0.753. The second-order valence-corrected chi connectivity index (χ2v) is 5.26. The lowest BCUT2D eigenvalue weighted by Gasteiger charge is -2.12. The van der Waals surface area contributed by atoms with Crippen molar-refractivity contribution >= 4 is 11.6 Å². The van der Waals surface area contributed by atoms with Crippen LogP contribution < -0.4 is 10.5 Å². The molecule has 0 fully saturated rings. The number of hydrogen-bond donors (Lipinski definition) is 1. The largest absolute Gasteiger partial charge is 0.485 e. The number of nitrogens with two attached hydrogens (primary N) is 1. The molecule has 5 nitrogen and oxygen atoms in total. The molecule has 2 aromatic rings. The van der Waals surface area contributed by atoms with E-state index in [4.69, 9.17) is 22.1 Å². The van der Waals surface area contributed by atoms with Gasteiger partial charge in [0.1, 0.15) is 12.4 Å². The van der Waals surface area contributed by atoms with E-state index in [2.05, 4.69) is 10.1 Å². The second-order valence-electron chi connectivity index (χ2n) is 4.89. The van der Waals surface area contributed by atoms with Gasteiger partial charge in [-0.05, 0) is 39.4 Å². The average Bonchev–Trinajstić information content (AvgIpc) is 2.74. The van der Waals surface area contributed by atoms with Crippen LogP contribution in [-0.2, 0) is 19.6 Å². The molecule has 0 saturated carbocycles. The number of aromatic nitrogens is 3. The normalized spacial score (nSPS) is 10.9. The van der Waals surface area contributed by atoms with Gasteiger partial charge in [-0.15, -0.1) is 0 Å². The fourth-order valence-corrected chi connectivity index (χ4v) is 2.39. The molecule has 0 unspecified atom stereocenters. The molecule has 0 radical (unpaired) electrons. The highest BCUT2D eigenvalue weighted by Gasteiger charge is 2.14. The molecule has 0 aliphatic heterocycles. The highest BCUT2D eigenvalue weighted by atomic mass is 35.5. The van der Waals surface area contributed by atoms with Crippen LogP contribution in [0, 0.1) is 13.8 Å². The van der Waals surface area contributed by atoms with Crippen LogP contribution in [-0.4, -0.2) is 21.3 Å². The van der Waals surface area contributed by atoms with Crippen molar-refractivity contribution in [2.45, 2.75) is 40.3 Å². The van der Waals surface area contributed by atoms with Crippen LogP contribution in [0.4, 0.5) is 0 Å². The minimum absolute atomic E-state index is 0.371. The first-order chi connectivity index (χ1) is 10.1. The van der Waals surface area contributed by atoms with Crippen LogP contribution in [0.3, 0.4) is 0 Å². The molecule has 2 heterocycles. The lowest BCUT2D eigenvalue weighted by Crippen LogP contribution is -2.10. The topological polar surface area (TPSA) is 66.0 Å². The fourth-order valence-electron chi connectivity index (χ4n) is 2.20. The van der Waals surface area contributed by atoms with Crippen molar-refractivity contribution in [2.75, 3.05) is 6.54 Å². The Labute approximate surface area is 130 Å². The number of rotatable bonds is 6. The maximum atomic E-state index is 6.29. The molecule has 21 heavy (non-hydrogen) atoms. The highest BCUT2D eigenvalue weighted by Crippen LogP contribution is 2.24. The lowest BCUT2D eigenvalue weighted by molar-refractivity contribution is 0.288. The molecule has 0 aliphatic rings. The molecule has 0 bridgehead atoms. The van der Waals surface area contributed by atoms with Gasteiger partial charge in [-0.25, -0.2) is 0 Å². The summed E-state index contributed by atoms with van der Waals surface area (Å²) >= 11 is 6.29. The van der Waals surface area contributed by atoms with E-state index >= 15 is 0 Å². The molecular weight excluding hydrogens is 288 g/mol. The van der Waals surface area contributed by atoms with E-state index in [1.165, 1.54) is 0 Å². The zero-order chi connectivity index (χ0) is 15.4. The number of pyridine rings is 1. The van der Waals surface area contributed by atoms with Crippen molar-refractivity contribution in [3.05, 3.63) is 39.9 Å². The molecule has 2 rings (SSSR count). The number of ether oxygens (including phenoxy) is 1. The molecule has 2 aromatic heterocycles. The van der Waals surface area contributed by atoms with Gasteiger partial charge in [0, 0.05) is 18.7 Å². The lowest BCUT2D eigenvalue weighted by atomic mass is 10.2. The Kier molecular flexibility index (Phi) is 5.20. The summed E-state index contributed by atoms with van der Waals surface area (Å²) < 4.78 is 7.77. The number of nitrogens with zero attached hydrogens (tertiary/aromatic N) is 3. The Morgan fingerprint density at radius 1 is 1.33 bits per heavy atom. The SMILES string of the molecule is CCn1nc(C)c(Cl)c1COc1ccc(C)nc1CCN. The summed E-state index contributed by atoms with van der Waals surface area (Å²) in [6.45, 7) is 7.55. The number of halogens is 1. The van der Waals surface area contributed by atoms with E-state index in [1.807, 2.05) is 37.6 Å². The van der Waals surface area contributed by atoms with Crippen molar-refractivity contribution in [1.82, 2.24) is 14.8 Å². The number of aryl methyl sites for hydroxylation is 3. The molecule has 0 aliphatic carbocycles. The summed E-state index contributed by atoms with van der Waals surface area (Å²) in [5.41, 5.74) is 9.17. The Hall–Kier alpha value is -1.59. The minimum atomic E-state index is 0.371. The van der Waals surface area contributed by atoms with Gasteiger partial charge in [-0.2, -0.15) is 5.10 Å². The van der Waals surface area contributed by atoms with E-state index in [9.17, 15) is 0 Å². The van der Waals surface area contributed by atoms with Gasteiger partial charge in [0.15, 0.2) is 0 Å². The molecule has 0 saturated heterocycles. The molecule has 0 amide bonds. The molecule has 6 heteroatoms. The summed E-state index contributed by atoms with van der Waals surface area (Å²) in [7, 11) is 0. The summed E-state index contributed by atoms with van der Waals surface area (Å²) in [5, 5.41) is 5.05. The van der Waals surface area contributed by atoms with E-state index in [0.717, 1.165) is 35.1 Å². The predicted octanol–water partition coefficient (Wildman–Crippen LogP) is 2.65. The van der Waals surface area contributed by atoms with Crippen LogP contribution in [0.5, 0.6) is 5.75 Å². The van der Waals surface area contributed by atoms with E-state index < -0.39 is 0 Å².